The first-order valence-electron chi connectivity index (χ1n) is 11.7. The fourth-order valence-corrected chi connectivity index (χ4v) is 5.70. The number of hydrogen-bond acceptors (Lipinski definition) is 6. The molecule has 3 aromatic rings. The van der Waals surface area contributed by atoms with Crippen LogP contribution in [0.15, 0.2) is 82.3 Å². The van der Waals surface area contributed by atoms with Crippen molar-refractivity contribution < 1.29 is 17.6 Å². The lowest BCUT2D eigenvalue weighted by Gasteiger charge is -2.34. The number of piperazine rings is 1. The number of furan rings is 1. The molecule has 1 saturated heterocycles. The van der Waals surface area contributed by atoms with E-state index in [1.165, 1.54) is 15.9 Å². The fourth-order valence-electron chi connectivity index (χ4n) is 4.23. The Morgan fingerprint density at radius 1 is 1.00 bits per heavy atom. The highest BCUT2D eigenvalue weighted by Gasteiger charge is 2.29. The molecule has 9 heteroatoms. The van der Waals surface area contributed by atoms with E-state index in [0.29, 0.717) is 38.3 Å². The molecule has 0 bridgehead atoms. The molecule has 0 aliphatic carbocycles. The minimum Gasteiger partial charge on any atom is -0.468 e. The second kappa shape index (κ2) is 11.2. The average molecular weight is 497 g/mol. The minimum atomic E-state index is -3.69. The van der Waals surface area contributed by atoms with Gasteiger partial charge in [0.15, 0.2) is 0 Å². The quantitative estimate of drug-likeness (QED) is 0.490. The van der Waals surface area contributed by atoms with Crippen LogP contribution in [0.3, 0.4) is 0 Å². The molecule has 1 aromatic heterocycles. The lowest BCUT2D eigenvalue weighted by atomic mass is 10.2. The van der Waals surface area contributed by atoms with Gasteiger partial charge in [0.2, 0.25) is 10.0 Å². The molecule has 1 amide bonds. The molecular formula is C26H32N4O4S. The highest BCUT2D eigenvalue weighted by atomic mass is 32.2. The van der Waals surface area contributed by atoms with Gasteiger partial charge in [-0.15, -0.1) is 0 Å². The van der Waals surface area contributed by atoms with Crippen molar-refractivity contribution >= 4 is 15.9 Å². The second-order valence-corrected chi connectivity index (χ2v) is 10.8. The van der Waals surface area contributed by atoms with Crippen LogP contribution in [0.2, 0.25) is 0 Å². The van der Waals surface area contributed by atoms with E-state index in [0.717, 1.165) is 12.3 Å². The number of benzene rings is 2. The SMILES string of the molecule is CN(C)C(CNC(=O)c1cccc(S(=O)(=O)N2CCN(Cc3ccccc3)CC2)c1)c1ccco1. The molecule has 35 heavy (non-hydrogen) atoms. The zero-order chi connectivity index (χ0) is 24.8. The summed E-state index contributed by atoms with van der Waals surface area (Å²) in [5.41, 5.74) is 1.52. The van der Waals surface area contributed by atoms with Gasteiger partial charge >= 0.3 is 0 Å². The summed E-state index contributed by atoms with van der Waals surface area (Å²) in [7, 11) is 0.127. The number of carbonyl (C=O) groups excluding carboxylic acids is 1. The van der Waals surface area contributed by atoms with E-state index in [2.05, 4.69) is 22.3 Å². The highest BCUT2D eigenvalue weighted by molar-refractivity contribution is 7.89. The molecule has 1 atom stereocenters. The molecule has 4 rings (SSSR count). The molecule has 2 aromatic carbocycles. The van der Waals surface area contributed by atoms with Gasteiger partial charge < -0.3 is 9.73 Å². The number of likely N-dealkylation sites (N-methyl/N-ethyl adjacent to an activating group) is 1. The Morgan fingerprint density at radius 2 is 1.74 bits per heavy atom. The van der Waals surface area contributed by atoms with Crippen LogP contribution in [-0.4, -0.2) is 75.2 Å². The third-order valence-corrected chi connectivity index (χ3v) is 8.16. The standard InChI is InChI=1S/C26H32N4O4S/c1-28(2)24(25-12-7-17-34-25)19-27-26(31)22-10-6-11-23(18-22)35(32,33)30-15-13-29(14-16-30)20-21-8-4-3-5-9-21/h3-12,17-18,24H,13-16,19-20H2,1-2H3,(H,27,31). The molecule has 0 spiro atoms. The summed E-state index contributed by atoms with van der Waals surface area (Å²) in [6.07, 6.45) is 1.60. The summed E-state index contributed by atoms with van der Waals surface area (Å²) in [6, 6.07) is 20.0. The summed E-state index contributed by atoms with van der Waals surface area (Å²) in [5.74, 6) is 0.422. The molecule has 0 radical (unpaired) electrons. The van der Waals surface area contributed by atoms with Gasteiger partial charge in [0.1, 0.15) is 5.76 Å². The molecule has 186 valence electrons. The van der Waals surface area contributed by atoms with E-state index in [9.17, 15) is 13.2 Å². The van der Waals surface area contributed by atoms with Crippen LogP contribution in [0.5, 0.6) is 0 Å². The number of amides is 1. The van der Waals surface area contributed by atoms with Crippen LogP contribution in [0.1, 0.15) is 27.7 Å². The molecule has 8 nitrogen and oxygen atoms in total. The van der Waals surface area contributed by atoms with E-state index in [1.54, 1.807) is 24.5 Å². The first-order valence-corrected chi connectivity index (χ1v) is 13.1. The number of nitrogens with zero attached hydrogens (tertiary/aromatic N) is 3. The zero-order valence-electron chi connectivity index (χ0n) is 20.1. The van der Waals surface area contributed by atoms with Crippen LogP contribution >= 0.6 is 0 Å². The second-order valence-electron chi connectivity index (χ2n) is 8.90. The Balaban J connectivity index is 1.38. The van der Waals surface area contributed by atoms with Gasteiger partial charge in [-0.3, -0.25) is 14.6 Å². The minimum absolute atomic E-state index is 0.131. The fraction of sp³-hybridized carbons (Fsp3) is 0.346. The molecule has 2 heterocycles. The third-order valence-electron chi connectivity index (χ3n) is 6.27. The van der Waals surface area contributed by atoms with Crippen LogP contribution in [0.4, 0.5) is 0 Å². The predicted molar refractivity (Wildman–Crippen MR) is 134 cm³/mol. The first kappa shape index (κ1) is 25.1. The topological polar surface area (TPSA) is 86.1 Å². The van der Waals surface area contributed by atoms with E-state index in [4.69, 9.17) is 4.42 Å². The van der Waals surface area contributed by atoms with Gasteiger partial charge in [0.05, 0.1) is 17.2 Å². The van der Waals surface area contributed by atoms with Crippen LogP contribution < -0.4 is 5.32 Å². The number of nitrogens with one attached hydrogen (secondary N) is 1. The summed E-state index contributed by atoms with van der Waals surface area (Å²) in [4.78, 5) is 17.2. The van der Waals surface area contributed by atoms with Gasteiger partial charge in [0.25, 0.3) is 5.91 Å². The van der Waals surface area contributed by atoms with Crippen molar-refractivity contribution in [2.45, 2.75) is 17.5 Å². The maximum atomic E-state index is 13.3. The Labute approximate surface area is 207 Å². The first-order chi connectivity index (χ1) is 16.8. The van der Waals surface area contributed by atoms with E-state index in [1.807, 2.05) is 49.3 Å². The van der Waals surface area contributed by atoms with Crippen molar-refractivity contribution in [3.8, 4) is 0 Å². The summed E-state index contributed by atoms with van der Waals surface area (Å²) < 4.78 is 33.6. The van der Waals surface area contributed by atoms with Crippen molar-refractivity contribution in [3.63, 3.8) is 0 Å². The summed E-state index contributed by atoms with van der Waals surface area (Å²) in [5, 5.41) is 2.90. The van der Waals surface area contributed by atoms with Crippen LogP contribution in [0.25, 0.3) is 0 Å². The Morgan fingerprint density at radius 3 is 2.40 bits per heavy atom. The van der Waals surface area contributed by atoms with Gasteiger partial charge in [0, 0.05) is 44.8 Å². The number of sulfonamides is 1. The van der Waals surface area contributed by atoms with E-state index >= 15 is 0 Å². The molecule has 1 fully saturated rings. The maximum absolute atomic E-state index is 13.3. The predicted octanol–water partition coefficient (Wildman–Crippen LogP) is 2.82. The molecule has 1 aliphatic rings. The maximum Gasteiger partial charge on any atom is 0.251 e. The van der Waals surface area contributed by atoms with Crippen molar-refractivity contribution in [3.05, 3.63) is 89.9 Å². The average Bonchev–Trinajstić information content (AvgIpc) is 3.39. The van der Waals surface area contributed by atoms with Crippen molar-refractivity contribution in [2.75, 3.05) is 46.8 Å². The van der Waals surface area contributed by atoms with Crippen molar-refractivity contribution in [1.29, 1.82) is 0 Å². The number of hydrogen-bond donors (Lipinski definition) is 1. The molecule has 1 N–H and O–H groups in total. The summed E-state index contributed by atoms with van der Waals surface area (Å²) >= 11 is 0. The zero-order valence-corrected chi connectivity index (χ0v) is 20.9. The summed E-state index contributed by atoms with van der Waals surface area (Å²) in [6.45, 7) is 3.29. The van der Waals surface area contributed by atoms with Gasteiger partial charge in [-0.2, -0.15) is 4.31 Å². The van der Waals surface area contributed by atoms with Gasteiger partial charge in [-0.25, -0.2) is 8.42 Å². The Hall–Kier alpha value is -2.98. The van der Waals surface area contributed by atoms with Crippen LogP contribution in [0, 0.1) is 0 Å². The lowest BCUT2D eigenvalue weighted by Crippen LogP contribution is -2.48. The monoisotopic (exact) mass is 496 g/mol. The third kappa shape index (κ3) is 6.18. The van der Waals surface area contributed by atoms with Crippen molar-refractivity contribution in [1.82, 2.24) is 19.4 Å². The van der Waals surface area contributed by atoms with Gasteiger partial charge in [-0.1, -0.05) is 36.4 Å². The Bertz CT molecular complexity index is 1210. The number of rotatable bonds is 9. The largest absolute Gasteiger partial charge is 0.468 e. The molecule has 1 unspecified atom stereocenters. The van der Waals surface area contributed by atoms with E-state index < -0.39 is 10.0 Å². The molecular weight excluding hydrogens is 464 g/mol. The molecule has 1 aliphatic heterocycles. The van der Waals surface area contributed by atoms with Crippen LogP contribution in [-0.2, 0) is 16.6 Å². The number of carbonyl (C=O) groups is 1. The molecule has 0 saturated carbocycles. The van der Waals surface area contributed by atoms with E-state index in [-0.39, 0.29) is 16.8 Å². The van der Waals surface area contributed by atoms with Crippen molar-refractivity contribution in [2.24, 2.45) is 0 Å². The highest BCUT2D eigenvalue weighted by Crippen LogP contribution is 2.21. The Kier molecular flexibility index (Phi) is 8.02. The lowest BCUT2D eigenvalue weighted by molar-refractivity contribution is 0.0939. The normalized spacial score (nSPS) is 16.3. The van der Waals surface area contributed by atoms with Gasteiger partial charge in [-0.05, 0) is 50.0 Å². The smallest absolute Gasteiger partial charge is 0.251 e.